The number of aldehydes is 1. The van der Waals surface area contributed by atoms with Gasteiger partial charge in [-0.15, -0.1) is 0 Å². The number of carbonyl (C=O) groups is 2. The van der Waals surface area contributed by atoms with Gasteiger partial charge in [-0.1, -0.05) is 6.92 Å². The van der Waals surface area contributed by atoms with Crippen molar-refractivity contribution in [3.8, 4) is 0 Å². The number of carbonyl (C=O) groups excluding carboxylic acids is 2. The first kappa shape index (κ1) is 27.8. The molecule has 6 rings (SSSR count). The Bertz CT molecular complexity index is 1030. The van der Waals surface area contributed by atoms with Gasteiger partial charge >= 0.3 is 5.97 Å². The van der Waals surface area contributed by atoms with Gasteiger partial charge in [-0.3, -0.25) is 0 Å². The molecule has 9 heteroatoms. The van der Waals surface area contributed by atoms with Crippen LogP contribution in [-0.4, -0.2) is 83.2 Å². The van der Waals surface area contributed by atoms with E-state index in [2.05, 4.69) is 6.92 Å². The van der Waals surface area contributed by atoms with Crippen LogP contribution in [0, 0.1) is 28.6 Å². The Labute approximate surface area is 230 Å². The minimum Gasteiger partial charge on any atom is -0.458 e. The van der Waals surface area contributed by atoms with Crippen LogP contribution in [-0.2, 0) is 28.5 Å². The van der Waals surface area contributed by atoms with E-state index in [0.717, 1.165) is 31.1 Å². The van der Waals surface area contributed by atoms with Crippen molar-refractivity contribution in [3.05, 3.63) is 11.6 Å². The topological polar surface area (TPSA) is 132 Å². The highest BCUT2D eigenvalue weighted by molar-refractivity contribution is 5.85. The molecule has 0 spiro atoms. The summed E-state index contributed by atoms with van der Waals surface area (Å²) < 4.78 is 22.9. The van der Waals surface area contributed by atoms with E-state index < -0.39 is 40.5 Å². The van der Waals surface area contributed by atoms with Crippen LogP contribution in [0.1, 0.15) is 78.1 Å². The molecule has 0 bridgehead atoms. The van der Waals surface area contributed by atoms with Crippen LogP contribution in [0.15, 0.2) is 11.6 Å². The summed E-state index contributed by atoms with van der Waals surface area (Å²) in [7, 11) is 1.57. The third-order valence-electron chi connectivity index (χ3n) is 12.1. The van der Waals surface area contributed by atoms with E-state index in [9.17, 15) is 24.9 Å². The molecule has 4 saturated carbocycles. The first-order valence-electron chi connectivity index (χ1n) is 14.8. The average Bonchev–Trinajstić information content (AvgIpc) is 3.45. The lowest BCUT2D eigenvalue weighted by Crippen LogP contribution is -2.69. The molecular formula is C30H44O9. The molecule has 0 aromatic rings. The molecule has 6 aliphatic rings. The Hall–Kier alpha value is -1.36. The smallest absolute Gasteiger partial charge is 0.331 e. The fraction of sp³-hybridized carbons (Fsp3) is 0.867. The monoisotopic (exact) mass is 548 g/mol. The van der Waals surface area contributed by atoms with Crippen LogP contribution in [0.2, 0.25) is 0 Å². The number of hydrogen-bond donors (Lipinski definition) is 3. The summed E-state index contributed by atoms with van der Waals surface area (Å²) in [6.45, 7) is 4.25. The fourth-order valence-corrected chi connectivity index (χ4v) is 9.98. The SMILES string of the molecule is CO[C@@H]1C[C@H](O[C@@H]2CC[C@]3(C=O)[C@H]4CC[C@]5(C)[C@@H](C6=CC(=O)OC6)CC[C@@]5(O)[C@@H]4CC[C@]3(O)C2)O[C@@H](C)[C@H]1O. The van der Waals surface area contributed by atoms with Gasteiger partial charge in [0.2, 0.25) is 0 Å². The molecule has 1 saturated heterocycles. The van der Waals surface area contributed by atoms with Gasteiger partial charge in [0.25, 0.3) is 0 Å². The van der Waals surface area contributed by atoms with Crippen molar-refractivity contribution >= 4 is 12.3 Å². The van der Waals surface area contributed by atoms with Crippen LogP contribution < -0.4 is 0 Å². The molecule has 218 valence electrons. The predicted molar refractivity (Wildman–Crippen MR) is 138 cm³/mol. The molecule has 2 aliphatic heterocycles. The second-order valence-electron chi connectivity index (χ2n) is 13.5. The van der Waals surface area contributed by atoms with Gasteiger partial charge in [0.1, 0.15) is 19.0 Å². The molecule has 0 unspecified atom stereocenters. The molecule has 0 aromatic carbocycles. The molecule has 4 aliphatic carbocycles. The van der Waals surface area contributed by atoms with Gasteiger partial charge in [0, 0.05) is 31.4 Å². The van der Waals surface area contributed by atoms with E-state index in [1.807, 2.05) is 0 Å². The number of rotatable bonds is 5. The molecule has 2 heterocycles. The Morgan fingerprint density at radius 3 is 2.54 bits per heavy atom. The van der Waals surface area contributed by atoms with Crippen molar-refractivity contribution in [2.24, 2.45) is 28.6 Å². The summed E-state index contributed by atoms with van der Waals surface area (Å²) in [5, 5.41) is 34.8. The Kier molecular flexibility index (Phi) is 6.84. The van der Waals surface area contributed by atoms with Crippen LogP contribution in [0.5, 0.6) is 0 Å². The van der Waals surface area contributed by atoms with Crippen LogP contribution in [0.4, 0.5) is 0 Å². The van der Waals surface area contributed by atoms with Gasteiger partial charge in [-0.05, 0) is 81.6 Å². The lowest BCUT2D eigenvalue weighted by atomic mass is 9.41. The Morgan fingerprint density at radius 2 is 1.85 bits per heavy atom. The number of aliphatic hydroxyl groups is 3. The number of cyclic esters (lactones) is 1. The lowest BCUT2D eigenvalue weighted by molar-refractivity contribution is -0.287. The highest BCUT2D eigenvalue weighted by atomic mass is 16.7. The first-order chi connectivity index (χ1) is 18.5. The fourth-order valence-electron chi connectivity index (χ4n) is 9.98. The van der Waals surface area contributed by atoms with Crippen LogP contribution in [0.3, 0.4) is 0 Å². The first-order valence-corrected chi connectivity index (χ1v) is 14.8. The van der Waals surface area contributed by atoms with E-state index in [1.54, 1.807) is 20.1 Å². The summed E-state index contributed by atoms with van der Waals surface area (Å²) in [6.07, 6.45) is 6.10. The summed E-state index contributed by atoms with van der Waals surface area (Å²) >= 11 is 0. The zero-order valence-corrected chi connectivity index (χ0v) is 23.3. The van der Waals surface area contributed by atoms with Gasteiger partial charge in [0.15, 0.2) is 6.29 Å². The summed E-state index contributed by atoms with van der Waals surface area (Å²) in [5.74, 6) is -0.420. The number of methoxy groups -OCH3 is 1. The average molecular weight is 549 g/mol. The van der Waals surface area contributed by atoms with Crippen LogP contribution in [0.25, 0.3) is 0 Å². The van der Waals surface area contributed by atoms with Crippen molar-refractivity contribution in [1.29, 1.82) is 0 Å². The van der Waals surface area contributed by atoms with E-state index in [0.29, 0.717) is 51.6 Å². The summed E-state index contributed by atoms with van der Waals surface area (Å²) in [6, 6.07) is 0. The number of esters is 1. The zero-order chi connectivity index (χ0) is 27.8. The zero-order valence-electron chi connectivity index (χ0n) is 23.3. The van der Waals surface area contributed by atoms with Gasteiger partial charge in [0.05, 0.1) is 34.9 Å². The second-order valence-corrected chi connectivity index (χ2v) is 13.5. The van der Waals surface area contributed by atoms with Crippen molar-refractivity contribution in [1.82, 2.24) is 0 Å². The quantitative estimate of drug-likeness (QED) is 0.269. The van der Waals surface area contributed by atoms with Gasteiger partial charge in [-0.2, -0.15) is 0 Å². The second kappa shape index (κ2) is 9.60. The van der Waals surface area contributed by atoms with Crippen LogP contribution >= 0.6 is 0 Å². The molecule has 3 N–H and O–H groups in total. The largest absolute Gasteiger partial charge is 0.458 e. The highest BCUT2D eigenvalue weighted by Gasteiger charge is 2.71. The van der Waals surface area contributed by atoms with Gasteiger partial charge in [-0.25, -0.2) is 4.79 Å². The predicted octanol–water partition coefficient (Wildman–Crippen LogP) is 2.43. The van der Waals surface area contributed by atoms with Crippen molar-refractivity contribution in [2.45, 2.75) is 120 Å². The molecule has 0 aromatic heterocycles. The lowest BCUT2D eigenvalue weighted by Gasteiger charge is -2.65. The van der Waals surface area contributed by atoms with E-state index in [1.165, 1.54) is 0 Å². The standard InChI is InChI=1S/C30H44O9/c1-17-26(33)23(36-3)13-25(38-17)39-19-4-9-28(16-31)21-5-8-27(2)20(18-12-24(32)37-15-18)7-11-30(27,35)22(21)6-10-29(28,34)14-19/h12,16-17,19-23,25-26,33-35H,4-11,13-15H2,1-3H3/t17-,19+,20+,21-,22+,23+,25-,26+,27+,28-,29-,30+/m0/s1. The molecular weight excluding hydrogens is 504 g/mol. The maximum atomic E-state index is 13.0. The van der Waals surface area contributed by atoms with E-state index >= 15 is 0 Å². The number of aliphatic hydroxyl groups excluding tert-OH is 1. The summed E-state index contributed by atoms with van der Waals surface area (Å²) in [4.78, 5) is 24.8. The summed E-state index contributed by atoms with van der Waals surface area (Å²) in [5.41, 5.74) is -2.52. The molecule has 0 amide bonds. The van der Waals surface area contributed by atoms with Crippen molar-refractivity contribution < 1.29 is 43.9 Å². The molecule has 9 nitrogen and oxygen atoms in total. The minimum absolute atomic E-state index is 0.0827. The molecule has 0 radical (unpaired) electrons. The molecule has 12 atom stereocenters. The Balaban J connectivity index is 1.21. The third kappa shape index (κ3) is 3.94. The minimum atomic E-state index is -1.21. The number of hydrogen-bond acceptors (Lipinski definition) is 9. The van der Waals surface area contributed by atoms with Crippen molar-refractivity contribution in [3.63, 3.8) is 0 Å². The normalized spacial score (nSPS) is 53.3. The van der Waals surface area contributed by atoms with E-state index in [-0.39, 0.29) is 35.9 Å². The number of fused-ring (bicyclic) bond motifs is 5. The third-order valence-corrected chi connectivity index (χ3v) is 12.1. The molecule has 5 fully saturated rings. The maximum Gasteiger partial charge on any atom is 0.331 e. The van der Waals surface area contributed by atoms with Crippen molar-refractivity contribution in [2.75, 3.05) is 13.7 Å². The number of ether oxygens (including phenoxy) is 4. The Morgan fingerprint density at radius 1 is 1.08 bits per heavy atom. The maximum absolute atomic E-state index is 13.0. The van der Waals surface area contributed by atoms with E-state index in [4.69, 9.17) is 18.9 Å². The molecule has 39 heavy (non-hydrogen) atoms. The van der Waals surface area contributed by atoms with Gasteiger partial charge < -0.3 is 39.1 Å². The highest BCUT2D eigenvalue weighted by Crippen LogP contribution is 2.70.